The third kappa shape index (κ3) is 1.37. The molecule has 0 bridgehead atoms. The molecule has 0 fully saturated rings. The second-order valence-electron chi connectivity index (χ2n) is 3.82. The van der Waals surface area contributed by atoms with Crippen molar-refractivity contribution in [3.8, 4) is 0 Å². The Morgan fingerprint density at radius 1 is 1.38 bits per heavy atom. The molecule has 13 heavy (non-hydrogen) atoms. The van der Waals surface area contributed by atoms with Gasteiger partial charge < -0.3 is 5.11 Å². The molecule has 0 saturated heterocycles. The van der Waals surface area contributed by atoms with Crippen LogP contribution in [-0.4, -0.2) is 14.9 Å². The molecule has 1 unspecified atom stereocenters. The minimum Gasteiger partial charge on any atom is -0.387 e. The molecule has 3 heteroatoms. The number of rotatable bonds is 1. The summed E-state index contributed by atoms with van der Waals surface area (Å²) in [7, 11) is 1.92. The van der Waals surface area contributed by atoms with Crippen LogP contribution in [0.5, 0.6) is 0 Å². The molecule has 1 atom stereocenters. The first-order valence-electron chi connectivity index (χ1n) is 4.93. The van der Waals surface area contributed by atoms with Crippen LogP contribution in [0.4, 0.5) is 0 Å². The molecule has 1 aromatic rings. The second-order valence-corrected chi connectivity index (χ2v) is 3.82. The maximum absolute atomic E-state index is 9.59. The van der Waals surface area contributed by atoms with E-state index in [0.29, 0.717) is 0 Å². The molecule has 1 N–H and O–H groups in total. The van der Waals surface area contributed by atoms with Crippen molar-refractivity contribution in [3.63, 3.8) is 0 Å². The molecule has 1 aliphatic rings. The Labute approximate surface area is 78.4 Å². The van der Waals surface area contributed by atoms with E-state index < -0.39 is 0 Å². The van der Waals surface area contributed by atoms with E-state index in [9.17, 15) is 5.11 Å². The molecule has 1 heterocycles. The van der Waals surface area contributed by atoms with Gasteiger partial charge in [0.05, 0.1) is 17.5 Å². The average molecular weight is 180 g/mol. The first-order valence-corrected chi connectivity index (χ1v) is 4.93. The van der Waals surface area contributed by atoms with Gasteiger partial charge >= 0.3 is 0 Å². The van der Waals surface area contributed by atoms with Crippen molar-refractivity contribution < 1.29 is 5.11 Å². The fourth-order valence-corrected chi connectivity index (χ4v) is 2.23. The van der Waals surface area contributed by atoms with Gasteiger partial charge in [-0.25, -0.2) is 0 Å². The maximum Gasteiger partial charge on any atom is 0.0931 e. The predicted molar refractivity (Wildman–Crippen MR) is 50.5 cm³/mol. The number of aryl methyl sites for hydroxylation is 2. The van der Waals surface area contributed by atoms with Gasteiger partial charge in [-0.05, 0) is 38.2 Å². The second kappa shape index (κ2) is 3.14. The van der Waals surface area contributed by atoms with Gasteiger partial charge in [0.15, 0.2) is 0 Å². The van der Waals surface area contributed by atoms with Gasteiger partial charge in [-0.2, -0.15) is 5.10 Å². The van der Waals surface area contributed by atoms with Crippen molar-refractivity contribution in [2.75, 3.05) is 0 Å². The Morgan fingerprint density at radius 2 is 2.08 bits per heavy atom. The van der Waals surface area contributed by atoms with E-state index in [4.69, 9.17) is 0 Å². The van der Waals surface area contributed by atoms with E-state index in [2.05, 4.69) is 5.10 Å². The lowest BCUT2D eigenvalue weighted by Gasteiger charge is -2.12. The van der Waals surface area contributed by atoms with Gasteiger partial charge in [-0.1, -0.05) is 0 Å². The van der Waals surface area contributed by atoms with Gasteiger partial charge in [0.2, 0.25) is 0 Å². The largest absolute Gasteiger partial charge is 0.387 e. The van der Waals surface area contributed by atoms with Gasteiger partial charge in [0, 0.05) is 7.05 Å². The highest BCUT2D eigenvalue weighted by molar-refractivity contribution is 5.29. The third-order valence-corrected chi connectivity index (χ3v) is 2.76. The summed E-state index contributed by atoms with van der Waals surface area (Å²) in [4.78, 5) is 0. The van der Waals surface area contributed by atoms with Crippen LogP contribution in [0.3, 0.4) is 0 Å². The zero-order chi connectivity index (χ0) is 9.42. The van der Waals surface area contributed by atoms with Crippen molar-refractivity contribution in [3.05, 3.63) is 17.0 Å². The molecule has 0 aliphatic heterocycles. The molecular weight excluding hydrogens is 164 g/mol. The minimum absolute atomic E-state index is 0.389. The number of aliphatic hydroxyl groups excluding tert-OH is 1. The highest BCUT2D eigenvalue weighted by atomic mass is 16.3. The molecule has 72 valence electrons. The number of nitrogens with zero attached hydrogens (tertiary/aromatic N) is 2. The van der Waals surface area contributed by atoms with E-state index >= 15 is 0 Å². The molecule has 0 amide bonds. The smallest absolute Gasteiger partial charge is 0.0931 e. The Morgan fingerprint density at radius 3 is 2.77 bits per heavy atom. The third-order valence-electron chi connectivity index (χ3n) is 2.76. The fraction of sp³-hybridized carbons (Fsp3) is 0.700. The van der Waals surface area contributed by atoms with Crippen LogP contribution >= 0.6 is 0 Å². The number of hydrogen-bond donors (Lipinski definition) is 1. The highest BCUT2D eigenvalue weighted by Crippen LogP contribution is 2.27. The van der Waals surface area contributed by atoms with Crippen LogP contribution in [0.25, 0.3) is 0 Å². The summed E-state index contributed by atoms with van der Waals surface area (Å²) < 4.78 is 1.83. The maximum atomic E-state index is 9.59. The summed E-state index contributed by atoms with van der Waals surface area (Å²) in [5.41, 5.74) is 3.50. The SMILES string of the molecule is CC(O)c1c2c(nn1C)CCCC2. The number of hydrogen-bond acceptors (Lipinski definition) is 2. The lowest BCUT2D eigenvalue weighted by molar-refractivity contribution is 0.187. The first-order chi connectivity index (χ1) is 6.20. The van der Waals surface area contributed by atoms with E-state index in [0.717, 1.165) is 18.5 Å². The standard InChI is InChI=1S/C10H16N2O/c1-7(13)10-8-5-3-4-6-9(8)11-12(10)2/h7,13H,3-6H2,1-2H3. The number of aromatic nitrogens is 2. The van der Waals surface area contributed by atoms with E-state index in [1.54, 1.807) is 0 Å². The molecule has 3 nitrogen and oxygen atoms in total. The van der Waals surface area contributed by atoms with E-state index in [-0.39, 0.29) is 6.10 Å². The van der Waals surface area contributed by atoms with Crippen LogP contribution in [0.15, 0.2) is 0 Å². The van der Waals surface area contributed by atoms with Crippen molar-refractivity contribution >= 4 is 0 Å². The summed E-state index contributed by atoms with van der Waals surface area (Å²) in [5.74, 6) is 0. The Balaban J connectivity index is 2.48. The molecule has 0 aromatic carbocycles. The highest BCUT2D eigenvalue weighted by Gasteiger charge is 2.21. The van der Waals surface area contributed by atoms with Gasteiger partial charge in [0.25, 0.3) is 0 Å². The summed E-state index contributed by atoms with van der Waals surface area (Å²) in [6.45, 7) is 1.81. The predicted octanol–water partition coefficient (Wildman–Crippen LogP) is 1.35. The summed E-state index contributed by atoms with van der Waals surface area (Å²) >= 11 is 0. The molecule has 0 spiro atoms. The van der Waals surface area contributed by atoms with Crippen LogP contribution in [-0.2, 0) is 19.9 Å². The zero-order valence-corrected chi connectivity index (χ0v) is 8.25. The monoisotopic (exact) mass is 180 g/mol. The number of aliphatic hydroxyl groups is 1. The summed E-state index contributed by atoms with van der Waals surface area (Å²) in [6, 6.07) is 0. The van der Waals surface area contributed by atoms with Crippen molar-refractivity contribution in [1.29, 1.82) is 0 Å². The van der Waals surface area contributed by atoms with Crippen LogP contribution in [0.2, 0.25) is 0 Å². The lowest BCUT2D eigenvalue weighted by atomic mass is 9.95. The zero-order valence-electron chi connectivity index (χ0n) is 8.25. The summed E-state index contributed by atoms with van der Waals surface area (Å²) in [5, 5.41) is 14.0. The molecule has 1 aromatic heterocycles. The van der Waals surface area contributed by atoms with Crippen molar-refractivity contribution in [2.45, 2.75) is 38.7 Å². The Bertz CT molecular complexity index is 315. The van der Waals surface area contributed by atoms with E-state index in [1.807, 2.05) is 18.7 Å². The van der Waals surface area contributed by atoms with Crippen LogP contribution in [0.1, 0.15) is 42.8 Å². The van der Waals surface area contributed by atoms with Gasteiger partial charge in [-0.15, -0.1) is 0 Å². The molecule has 0 radical (unpaired) electrons. The topological polar surface area (TPSA) is 38.1 Å². The Kier molecular flexibility index (Phi) is 2.12. The van der Waals surface area contributed by atoms with Crippen LogP contribution < -0.4 is 0 Å². The average Bonchev–Trinajstić information content (AvgIpc) is 2.39. The van der Waals surface area contributed by atoms with E-state index in [1.165, 1.54) is 24.1 Å². The molecular formula is C10H16N2O. The Hall–Kier alpha value is -0.830. The van der Waals surface area contributed by atoms with Gasteiger partial charge in [-0.3, -0.25) is 4.68 Å². The summed E-state index contributed by atoms with van der Waals surface area (Å²) in [6.07, 6.45) is 4.25. The normalized spacial score (nSPS) is 18.4. The number of fused-ring (bicyclic) bond motifs is 1. The molecule has 1 aliphatic carbocycles. The quantitative estimate of drug-likeness (QED) is 0.708. The van der Waals surface area contributed by atoms with Crippen molar-refractivity contribution in [1.82, 2.24) is 9.78 Å². The minimum atomic E-state index is -0.389. The first kappa shape index (κ1) is 8.75. The molecule has 2 rings (SSSR count). The lowest BCUT2D eigenvalue weighted by Crippen LogP contribution is -2.06. The van der Waals surface area contributed by atoms with Crippen molar-refractivity contribution in [2.24, 2.45) is 7.05 Å². The van der Waals surface area contributed by atoms with Crippen LogP contribution in [0, 0.1) is 0 Å². The fourth-order valence-electron chi connectivity index (χ4n) is 2.23. The van der Waals surface area contributed by atoms with Gasteiger partial charge in [0.1, 0.15) is 0 Å². The molecule has 0 saturated carbocycles.